The number of nitrogens with zero attached hydrogens (tertiary/aromatic N) is 1. The van der Waals surface area contributed by atoms with Crippen molar-refractivity contribution in [1.82, 2.24) is 4.90 Å². The van der Waals surface area contributed by atoms with Crippen molar-refractivity contribution >= 4 is 5.91 Å². The van der Waals surface area contributed by atoms with Crippen LogP contribution in [-0.4, -0.2) is 36.5 Å². The van der Waals surface area contributed by atoms with Crippen LogP contribution in [0.5, 0.6) is 5.75 Å². The van der Waals surface area contributed by atoms with Gasteiger partial charge in [0.2, 0.25) is 0 Å². The summed E-state index contributed by atoms with van der Waals surface area (Å²) in [5.41, 5.74) is 8.00. The number of nitrogens with two attached hydrogens (primary N) is 1. The summed E-state index contributed by atoms with van der Waals surface area (Å²) in [4.78, 5) is 13.9. The van der Waals surface area contributed by atoms with Crippen molar-refractivity contribution in [2.45, 2.75) is 39.2 Å². The van der Waals surface area contributed by atoms with Crippen molar-refractivity contribution in [3.05, 3.63) is 29.3 Å². The Hall–Kier alpha value is -1.55. The molecule has 0 aliphatic carbocycles. The first kappa shape index (κ1) is 14.9. The van der Waals surface area contributed by atoms with E-state index in [1.165, 1.54) is 0 Å². The molecule has 110 valence electrons. The van der Waals surface area contributed by atoms with Crippen molar-refractivity contribution in [3.63, 3.8) is 0 Å². The maximum atomic E-state index is 12.0. The Labute approximate surface area is 120 Å². The lowest BCUT2D eigenvalue weighted by molar-refractivity contribution is -0.132. The molecule has 0 radical (unpaired) electrons. The molecule has 1 saturated heterocycles. The quantitative estimate of drug-likeness (QED) is 0.893. The first-order valence-electron chi connectivity index (χ1n) is 7.32. The van der Waals surface area contributed by atoms with Gasteiger partial charge in [-0.05, 0) is 44.2 Å². The van der Waals surface area contributed by atoms with Crippen LogP contribution >= 0.6 is 0 Å². The highest BCUT2D eigenvalue weighted by Crippen LogP contribution is 2.24. The van der Waals surface area contributed by atoms with Gasteiger partial charge in [-0.25, -0.2) is 0 Å². The second-order valence-corrected chi connectivity index (χ2v) is 5.62. The number of hydrogen-bond donors (Lipinski definition) is 1. The molecule has 2 rings (SSSR count). The summed E-state index contributed by atoms with van der Waals surface area (Å²) in [6, 6.07) is 6.10. The summed E-state index contributed by atoms with van der Waals surface area (Å²) in [6.45, 7) is 5.82. The number of carbonyl (C=O) groups excluding carboxylic acids is 1. The number of para-hydroxylation sites is 1. The van der Waals surface area contributed by atoms with Crippen molar-refractivity contribution in [1.29, 1.82) is 0 Å². The largest absolute Gasteiger partial charge is 0.483 e. The smallest absolute Gasteiger partial charge is 0.260 e. The van der Waals surface area contributed by atoms with Gasteiger partial charge in [-0.1, -0.05) is 18.2 Å². The lowest BCUT2D eigenvalue weighted by atomic mass is 10.0. The summed E-state index contributed by atoms with van der Waals surface area (Å²) in [6.07, 6.45) is 2.97. The van der Waals surface area contributed by atoms with E-state index in [0.717, 1.165) is 49.2 Å². The molecule has 1 unspecified atom stereocenters. The highest BCUT2D eigenvalue weighted by molar-refractivity contribution is 5.78. The highest BCUT2D eigenvalue weighted by Gasteiger charge is 2.19. The van der Waals surface area contributed by atoms with Gasteiger partial charge in [0.15, 0.2) is 6.61 Å². The molecule has 0 aromatic heterocycles. The van der Waals surface area contributed by atoms with Crippen LogP contribution in [0.4, 0.5) is 0 Å². The molecule has 4 nitrogen and oxygen atoms in total. The molecular formula is C16H24N2O2. The zero-order valence-corrected chi connectivity index (χ0v) is 12.4. The number of rotatable bonds is 5. The molecule has 1 amide bonds. The minimum atomic E-state index is 0.0773. The van der Waals surface area contributed by atoms with Gasteiger partial charge in [0.05, 0.1) is 0 Å². The number of amides is 1. The minimum absolute atomic E-state index is 0.0773. The number of hydrogen-bond acceptors (Lipinski definition) is 3. The van der Waals surface area contributed by atoms with E-state index in [0.29, 0.717) is 0 Å². The molecule has 2 N–H and O–H groups in total. The summed E-state index contributed by atoms with van der Waals surface area (Å²) >= 11 is 0. The zero-order chi connectivity index (χ0) is 14.5. The Morgan fingerprint density at radius 2 is 2.10 bits per heavy atom. The van der Waals surface area contributed by atoms with Crippen LogP contribution in [0.25, 0.3) is 0 Å². The number of likely N-dealkylation sites (tertiary alicyclic amines) is 1. The number of carbonyl (C=O) groups is 1. The minimum Gasteiger partial charge on any atom is -0.483 e. The van der Waals surface area contributed by atoms with E-state index in [2.05, 4.69) is 0 Å². The van der Waals surface area contributed by atoms with Gasteiger partial charge in [0.25, 0.3) is 5.91 Å². The number of aryl methyl sites for hydroxylation is 1. The molecule has 1 aliphatic rings. The molecule has 1 aromatic rings. The van der Waals surface area contributed by atoms with Crippen molar-refractivity contribution in [2.24, 2.45) is 5.73 Å². The fourth-order valence-corrected chi connectivity index (χ4v) is 2.62. The van der Waals surface area contributed by atoms with Gasteiger partial charge in [-0.2, -0.15) is 0 Å². The third kappa shape index (κ3) is 3.73. The molecule has 1 heterocycles. The fourth-order valence-electron chi connectivity index (χ4n) is 2.62. The Balaban J connectivity index is 2.02. The van der Waals surface area contributed by atoms with Crippen LogP contribution in [0, 0.1) is 6.92 Å². The van der Waals surface area contributed by atoms with Gasteiger partial charge in [-0.3, -0.25) is 4.79 Å². The summed E-state index contributed by atoms with van der Waals surface area (Å²) in [5.74, 6) is 0.898. The van der Waals surface area contributed by atoms with E-state index in [-0.39, 0.29) is 18.6 Å². The molecule has 0 saturated carbocycles. The lowest BCUT2D eigenvalue weighted by Gasteiger charge is -2.18. The zero-order valence-electron chi connectivity index (χ0n) is 12.4. The Morgan fingerprint density at radius 3 is 2.75 bits per heavy atom. The van der Waals surface area contributed by atoms with Crippen LogP contribution < -0.4 is 10.5 Å². The topological polar surface area (TPSA) is 55.6 Å². The van der Waals surface area contributed by atoms with Crippen molar-refractivity contribution in [3.8, 4) is 5.75 Å². The monoisotopic (exact) mass is 276 g/mol. The van der Waals surface area contributed by atoms with Gasteiger partial charge < -0.3 is 15.4 Å². The summed E-state index contributed by atoms with van der Waals surface area (Å²) in [5, 5.41) is 0. The SMILES string of the molecule is Cc1cccc(CC(C)N)c1OCC(=O)N1CCCC1. The highest BCUT2D eigenvalue weighted by atomic mass is 16.5. The Bertz CT molecular complexity index is 466. The van der Waals surface area contributed by atoms with E-state index in [4.69, 9.17) is 10.5 Å². The standard InChI is InChI=1S/C16H24N2O2/c1-12-6-5-7-14(10-13(2)17)16(12)20-11-15(19)18-8-3-4-9-18/h5-7,13H,3-4,8-11,17H2,1-2H3. The lowest BCUT2D eigenvalue weighted by Crippen LogP contribution is -2.32. The predicted molar refractivity (Wildman–Crippen MR) is 79.8 cm³/mol. The third-order valence-electron chi connectivity index (χ3n) is 3.63. The second kappa shape index (κ2) is 6.75. The molecule has 0 spiro atoms. The van der Waals surface area contributed by atoms with Crippen LogP contribution in [-0.2, 0) is 11.2 Å². The van der Waals surface area contributed by atoms with Gasteiger partial charge >= 0.3 is 0 Å². The van der Waals surface area contributed by atoms with Crippen LogP contribution in [0.2, 0.25) is 0 Å². The summed E-state index contributed by atoms with van der Waals surface area (Å²) in [7, 11) is 0. The molecule has 4 heteroatoms. The third-order valence-corrected chi connectivity index (χ3v) is 3.63. The van der Waals surface area contributed by atoms with E-state index in [9.17, 15) is 4.79 Å². The van der Waals surface area contributed by atoms with Gasteiger partial charge in [0, 0.05) is 19.1 Å². The average molecular weight is 276 g/mol. The molecule has 20 heavy (non-hydrogen) atoms. The molecule has 1 atom stereocenters. The maximum Gasteiger partial charge on any atom is 0.260 e. The van der Waals surface area contributed by atoms with E-state index < -0.39 is 0 Å². The van der Waals surface area contributed by atoms with E-state index in [1.54, 1.807) is 0 Å². The average Bonchev–Trinajstić information content (AvgIpc) is 2.91. The number of ether oxygens (including phenoxy) is 1. The first-order chi connectivity index (χ1) is 9.58. The van der Waals surface area contributed by atoms with E-state index >= 15 is 0 Å². The maximum absolute atomic E-state index is 12.0. The molecule has 0 bridgehead atoms. The number of benzene rings is 1. The van der Waals surface area contributed by atoms with Crippen molar-refractivity contribution < 1.29 is 9.53 Å². The fraction of sp³-hybridized carbons (Fsp3) is 0.562. The van der Waals surface area contributed by atoms with Gasteiger partial charge in [0.1, 0.15) is 5.75 Å². The molecule has 1 fully saturated rings. The van der Waals surface area contributed by atoms with Gasteiger partial charge in [-0.15, -0.1) is 0 Å². The molecule has 1 aliphatic heterocycles. The summed E-state index contributed by atoms with van der Waals surface area (Å²) < 4.78 is 5.80. The van der Waals surface area contributed by atoms with Crippen molar-refractivity contribution in [2.75, 3.05) is 19.7 Å². The van der Waals surface area contributed by atoms with Crippen LogP contribution in [0.3, 0.4) is 0 Å². The van der Waals surface area contributed by atoms with Crippen LogP contribution in [0.1, 0.15) is 30.9 Å². The first-order valence-corrected chi connectivity index (χ1v) is 7.32. The Kier molecular flexibility index (Phi) is 5.01. The normalized spacial score (nSPS) is 16.2. The molecule has 1 aromatic carbocycles. The molecular weight excluding hydrogens is 252 g/mol. The predicted octanol–water partition coefficient (Wildman–Crippen LogP) is 1.89. The van der Waals surface area contributed by atoms with Crippen LogP contribution in [0.15, 0.2) is 18.2 Å². The Morgan fingerprint density at radius 1 is 1.40 bits per heavy atom. The van der Waals surface area contributed by atoms with E-state index in [1.807, 2.05) is 36.9 Å². The second-order valence-electron chi connectivity index (χ2n) is 5.62.